The number of likely N-dealkylation sites (tertiary alicyclic amines) is 1. The zero-order valence-corrected chi connectivity index (χ0v) is 12.3. The van der Waals surface area contributed by atoms with Crippen LogP contribution in [0.2, 0.25) is 0 Å². The minimum atomic E-state index is -0.798. The number of hydrogen-bond acceptors (Lipinski definition) is 6. The van der Waals surface area contributed by atoms with E-state index in [2.05, 4.69) is 0 Å². The van der Waals surface area contributed by atoms with Gasteiger partial charge in [-0.1, -0.05) is 30.3 Å². The first-order valence-electron chi connectivity index (χ1n) is 7.64. The van der Waals surface area contributed by atoms with Crippen molar-refractivity contribution in [1.82, 2.24) is 4.90 Å². The van der Waals surface area contributed by atoms with E-state index in [1.165, 1.54) is 4.90 Å². The van der Waals surface area contributed by atoms with Gasteiger partial charge in [0.25, 0.3) is 0 Å². The van der Waals surface area contributed by atoms with E-state index in [-0.39, 0.29) is 25.5 Å². The van der Waals surface area contributed by atoms with Crippen molar-refractivity contribution < 1.29 is 28.9 Å². The highest BCUT2D eigenvalue weighted by Gasteiger charge is 2.60. The van der Waals surface area contributed by atoms with Gasteiger partial charge >= 0.3 is 12.1 Å². The number of benzene rings is 1. The molecule has 0 radical (unpaired) electrons. The first kappa shape index (κ1) is 14.5. The third-order valence-electron chi connectivity index (χ3n) is 4.57. The smallest absolute Gasteiger partial charge is 0.410 e. The van der Waals surface area contributed by atoms with E-state index in [0.717, 1.165) is 5.56 Å². The third-order valence-corrected chi connectivity index (χ3v) is 4.57. The van der Waals surface area contributed by atoms with Crippen molar-refractivity contribution in [2.75, 3.05) is 6.54 Å². The van der Waals surface area contributed by atoms with Crippen molar-refractivity contribution in [2.24, 2.45) is 0 Å². The molecule has 1 N–H and O–H groups in total. The molecule has 1 aromatic rings. The van der Waals surface area contributed by atoms with Crippen LogP contribution < -0.4 is 0 Å². The van der Waals surface area contributed by atoms with Gasteiger partial charge in [-0.15, -0.1) is 0 Å². The summed E-state index contributed by atoms with van der Waals surface area (Å²) in [6.07, 6.45) is -2.61. The third kappa shape index (κ3) is 2.46. The van der Waals surface area contributed by atoms with Gasteiger partial charge in [-0.25, -0.2) is 4.79 Å². The van der Waals surface area contributed by atoms with Crippen LogP contribution in [0.3, 0.4) is 0 Å². The Morgan fingerprint density at radius 1 is 1.30 bits per heavy atom. The number of rotatable bonds is 2. The lowest BCUT2D eigenvalue weighted by molar-refractivity contribution is -0.143. The van der Waals surface area contributed by atoms with E-state index in [0.29, 0.717) is 0 Å². The molecule has 3 heterocycles. The summed E-state index contributed by atoms with van der Waals surface area (Å²) in [5, 5.41) is 10.1. The number of carbonyl (C=O) groups excluding carboxylic acids is 2. The SMILES string of the molecule is O=C1CC2OC3C(C2O1)N(C(=O)OCc1ccccc1)C[C@H]3O. The number of nitrogens with zero attached hydrogens (tertiary/aromatic N) is 1. The minimum Gasteiger partial charge on any atom is -0.457 e. The predicted molar refractivity (Wildman–Crippen MR) is 76.3 cm³/mol. The molecule has 23 heavy (non-hydrogen) atoms. The van der Waals surface area contributed by atoms with Gasteiger partial charge in [0.05, 0.1) is 13.0 Å². The number of aliphatic hydroxyl groups excluding tert-OH is 1. The van der Waals surface area contributed by atoms with Crippen molar-refractivity contribution in [3.8, 4) is 0 Å². The quantitative estimate of drug-likeness (QED) is 0.797. The molecule has 7 nitrogen and oxygen atoms in total. The number of aliphatic hydroxyl groups is 1. The van der Waals surface area contributed by atoms with Gasteiger partial charge < -0.3 is 19.3 Å². The maximum absolute atomic E-state index is 12.4. The van der Waals surface area contributed by atoms with Crippen molar-refractivity contribution in [2.45, 2.75) is 43.5 Å². The topological polar surface area (TPSA) is 85.3 Å². The monoisotopic (exact) mass is 319 g/mol. The van der Waals surface area contributed by atoms with Gasteiger partial charge in [0.2, 0.25) is 0 Å². The van der Waals surface area contributed by atoms with Crippen LogP contribution in [0, 0.1) is 0 Å². The number of hydrogen-bond donors (Lipinski definition) is 1. The summed E-state index contributed by atoms with van der Waals surface area (Å²) in [5.41, 5.74) is 0.880. The molecule has 3 aliphatic heterocycles. The van der Waals surface area contributed by atoms with Crippen LogP contribution in [0.4, 0.5) is 4.79 Å². The van der Waals surface area contributed by atoms with Crippen LogP contribution in [0.1, 0.15) is 12.0 Å². The summed E-state index contributed by atoms with van der Waals surface area (Å²) in [5.74, 6) is -0.336. The Labute approximate surface area is 132 Å². The van der Waals surface area contributed by atoms with Gasteiger partial charge in [0.15, 0.2) is 6.10 Å². The standard InChI is InChI=1S/C16H17NO6/c18-10-7-17(16(20)21-8-9-4-2-1-3-5-9)13-14(10)22-11-6-12(19)23-15(11)13/h1-5,10-11,13-15,18H,6-8H2/t10-,11?,13?,14?,15?/m1/s1. The molecule has 122 valence electrons. The molecule has 7 heteroatoms. The van der Waals surface area contributed by atoms with Crippen molar-refractivity contribution in [3.63, 3.8) is 0 Å². The average Bonchev–Trinajstić information content (AvgIpc) is 3.16. The second-order valence-corrected chi connectivity index (χ2v) is 6.05. The lowest BCUT2D eigenvalue weighted by Crippen LogP contribution is -2.45. The second kappa shape index (κ2) is 5.50. The Morgan fingerprint density at radius 2 is 2.09 bits per heavy atom. The van der Waals surface area contributed by atoms with Crippen LogP contribution >= 0.6 is 0 Å². The first-order valence-corrected chi connectivity index (χ1v) is 7.64. The highest BCUT2D eigenvalue weighted by molar-refractivity contribution is 5.74. The van der Waals surface area contributed by atoms with E-state index < -0.39 is 36.6 Å². The zero-order valence-electron chi connectivity index (χ0n) is 12.3. The summed E-state index contributed by atoms with van der Waals surface area (Å²) in [7, 11) is 0. The molecule has 0 aromatic heterocycles. The van der Waals surface area contributed by atoms with E-state index >= 15 is 0 Å². The summed E-state index contributed by atoms with van der Waals surface area (Å²) in [4.78, 5) is 25.2. The number of ether oxygens (including phenoxy) is 3. The molecule has 0 saturated carbocycles. The predicted octanol–water partition coefficient (Wildman–Crippen LogP) is 0.451. The maximum atomic E-state index is 12.4. The van der Waals surface area contributed by atoms with Crippen molar-refractivity contribution in [1.29, 1.82) is 0 Å². The fourth-order valence-electron chi connectivity index (χ4n) is 3.54. The fourth-order valence-corrected chi connectivity index (χ4v) is 3.54. The lowest BCUT2D eigenvalue weighted by Gasteiger charge is -2.25. The van der Waals surface area contributed by atoms with Gasteiger partial charge in [-0.3, -0.25) is 9.69 Å². The molecular weight excluding hydrogens is 302 g/mol. The van der Waals surface area contributed by atoms with E-state index in [4.69, 9.17) is 14.2 Å². The molecule has 3 fully saturated rings. The van der Waals surface area contributed by atoms with Crippen LogP contribution in [0.25, 0.3) is 0 Å². The number of β-amino-alcohol motifs (C(OH)–C–C–N with tert-alkyl or cyclic N) is 1. The molecule has 0 spiro atoms. The summed E-state index contributed by atoms with van der Waals surface area (Å²) >= 11 is 0. The maximum Gasteiger partial charge on any atom is 0.410 e. The number of carbonyl (C=O) groups is 2. The van der Waals surface area contributed by atoms with Crippen LogP contribution in [-0.4, -0.2) is 59.1 Å². The van der Waals surface area contributed by atoms with Crippen LogP contribution in [0.15, 0.2) is 30.3 Å². The fraction of sp³-hybridized carbons (Fsp3) is 0.500. The Balaban J connectivity index is 1.45. The molecule has 0 aliphatic carbocycles. The van der Waals surface area contributed by atoms with Crippen molar-refractivity contribution >= 4 is 12.1 Å². The molecule has 0 bridgehead atoms. The molecule has 5 atom stereocenters. The first-order chi connectivity index (χ1) is 11.1. The van der Waals surface area contributed by atoms with Gasteiger partial charge in [0, 0.05) is 0 Å². The molecule has 3 aliphatic rings. The molecule has 4 unspecified atom stereocenters. The number of esters is 1. The minimum absolute atomic E-state index is 0.115. The molecule has 1 aromatic carbocycles. The molecule has 1 amide bonds. The Kier molecular flexibility index (Phi) is 3.46. The van der Waals surface area contributed by atoms with Crippen LogP contribution in [0.5, 0.6) is 0 Å². The molecular formula is C16H17NO6. The molecule has 3 saturated heterocycles. The van der Waals surface area contributed by atoms with Crippen molar-refractivity contribution in [3.05, 3.63) is 35.9 Å². The summed E-state index contributed by atoms with van der Waals surface area (Å²) in [6.45, 7) is 0.266. The normalized spacial score (nSPS) is 34.9. The van der Waals surface area contributed by atoms with Gasteiger partial charge in [0.1, 0.15) is 31.0 Å². The molecule has 4 rings (SSSR count). The Bertz CT molecular complexity index is 620. The van der Waals surface area contributed by atoms with Crippen LogP contribution in [-0.2, 0) is 25.6 Å². The van der Waals surface area contributed by atoms with E-state index in [9.17, 15) is 14.7 Å². The Morgan fingerprint density at radius 3 is 2.87 bits per heavy atom. The zero-order chi connectivity index (χ0) is 16.0. The average molecular weight is 319 g/mol. The summed E-state index contributed by atoms with van der Waals surface area (Å²) in [6, 6.07) is 8.87. The van der Waals surface area contributed by atoms with E-state index in [1.807, 2.05) is 30.3 Å². The second-order valence-electron chi connectivity index (χ2n) is 6.05. The number of fused-ring (bicyclic) bond motifs is 3. The van der Waals surface area contributed by atoms with E-state index in [1.54, 1.807) is 0 Å². The lowest BCUT2D eigenvalue weighted by atomic mass is 10.1. The largest absolute Gasteiger partial charge is 0.457 e. The highest BCUT2D eigenvalue weighted by atomic mass is 16.6. The Hall–Kier alpha value is -2.12. The van der Waals surface area contributed by atoms with Gasteiger partial charge in [-0.05, 0) is 5.56 Å². The summed E-state index contributed by atoms with van der Waals surface area (Å²) < 4.78 is 16.3. The number of amides is 1. The van der Waals surface area contributed by atoms with Gasteiger partial charge in [-0.2, -0.15) is 0 Å². The highest BCUT2D eigenvalue weighted by Crippen LogP contribution is 2.40.